The van der Waals surface area contributed by atoms with Crippen molar-refractivity contribution in [2.24, 2.45) is 11.3 Å². The Bertz CT molecular complexity index is 269. The van der Waals surface area contributed by atoms with E-state index in [1.54, 1.807) is 7.11 Å². The van der Waals surface area contributed by atoms with Crippen LogP contribution in [-0.4, -0.2) is 19.0 Å². The molecule has 78 valence electrons. The van der Waals surface area contributed by atoms with Gasteiger partial charge in [0.25, 0.3) is 0 Å². The first kappa shape index (κ1) is 9.91. The molecule has 2 rings (SSSR count). The van der Waals surface area contributed by atoms with Gasteiger partial charge in [-0.2, -0.15) is 0 Å². The lowest BCUT2D eigenvalue weighted by molar-refractivity contribution is -0.143. The van der Waals surface area contributed by atoms with Gasteiger partial charge in [0.15, 0.2) is 0 Å². The van der Waals surface area contributed by atoms with E-state index in [4.69, 9.17) is 4.74 Å². The first-order valence-electron chi connectivity index (χ1n) is 5.42. The van der Waals surface area contributed by atoms with Crippen LogP contribution in [0.25, 0.3) is 0 Å². The van der Waals surface area contributed by atoms with Crippen molar-refractivity contribution in [2.75, 3.05) is 7.11 Å². The lowest BCUT2D eigenvalue weighted by Crippen LogP contribution is -2.49. The van der Waals surface area contributed by atoms with Crippen molar-refractivity contribution in [2.45, 2.75) is 38.7 Å². The smallest absolute Gasteiger partial charge is 0.141 e. The van der Waals surface area contributed by atoms with Crippen molar-refractivity contribution < 1.29 is 9.53 Å². The molecule has 2 aliphatic carbocycles. The maximum absolute atomic E-state index is 12.0. The summed E-state index contributed by atoms with van der Waals surface area (Å²) in [5.41, 5.74) is -0.248. The summed E-state index contributed by atoms with van der Waals surface area (Å²) in [6.07, 6.45) is 8.23. The molecular formula is C12H18O2. The Morgan fingerprint density at radius 3 is 3.07 bits per heavy atom. The van der Waals surface area contributed by atoms with Gasteiger partial charge < -0.3 is 4.74 Å². The first-order valence-corrected chi connectivity index (χ1v) is 5.42. The van der Waals surface area contributed by atoms with Gasteiger partial charge in [-0.05, 0) is 32.1 Å². The topological polar surface area (TPSA) is 26.3 Å². The van der Waals surface area contributed by atoms with Gasteiger partial charge in [-0.25, -0.2) is 0 Å². The Kier molecular flexibility index (Phi) is 2.48. The minimum absolute atomic E-state index is 0.00551. The minimum Gasteiger partial charge on any atom is -0.376 e. The third-order valence-electron chi connectivity index (χ3n) is 3.98. The molecule has 0 unspecified atom stereocenters. The maximum atomic E-state index is 12.0. The molecule has 2 aliphatic rings. The van der Waals surface area contributed by atoms with E-state index in [9.17, 15) is 4.79 Å². The molecule has 0 N–H and O–H groups in total. The number of ketones is 1. The molecule has 1 fully saturated rings. The van der Waals surface area contributed by atoms with Crippen molar-refractivity contribution in [1.29, 1.82) is 0 Å². The average molecular weight is 194 g/mol. The van der Waals surface area contributed by atoms with Gasteiger partial charge in [0, 0.05) is 13.5 Å². The average Bonchev–Trinajstić information content (AvgIpc) is 2.19. The standard InChI is InChI=1S/C12H18O2/c1-12-9(5-3-7-10(12)13)6-4-8-11(12)14-2/h4,8-9,11H,3,5-7H2,1-2H3/t9-,11+,12+/m0/s1. The van der Waals surface area contributed by atoms with Crippen LogP contribution in [0.1, 0.15) is 32.6 Å². The van der Waals surface area contributed by atoms with E-state index in [1.807, 2.05) is 0 Å². The lowest BCUT2D eigenvalue weighted by Gasteiger charge is -2.45. The third kappa shape index (κ3) is 1.24. The van der Waals surface area contributed by atoms with Gasteiger partial charge in [-0.15, -0.1) is 0 Å². The Morgan fingerprint density at radius 1 is 1.57 bits per heavy atom. The molecule has 0 aromatic heterocycles. The van der Waals surface area contributed by atoms with Crippen LogP contribution in [0.15, 0.2) is 12.2 Å². The van der Waals surface area contributed by atoms with Crippen LogP contribution < -0.4 is 0 Å². The largest absolute Gasteiger partial charge is 0.376 e. The highest BCUT2D eigenvalue weighted by atomic mass is 16.5. The van der Waals surface area contributed by atoms with Crippen LogP contribution in [0.2, 0.25) is 0 Å². The van der Waals surface area contributed by atoms with Crippen molar-refractivity contribution >= 4 is 5.78 Å². The van der Waals surface area contributed by atoms with Crippen LogP contribution in [0.4, 0.5) is 0 Å². The van der Waals surface area contributed by atoms with Gasteiger partial charge in [0.2, 0.25) is 0 Å². The molecule has 0 aromatic carbocycles. The summed E-state index contributed by atoms with van der Waals surface area (Å²) >= 11 is 0. The van der Waals surface area contributed by atoms with E-state index < -0.39 is 0 Å². The van der Waals surface area contributed by atoms with Crippen molar-refractivity contribution in [1.82, 2.24) is 0 Å². The molecule has 0 amide bonds. The second-order valence-electron chi connectivity index (χ2n) is 4.62. The number of rotatable bonds is 1. The van der Waals surface area contributed by atoms with Crippen LogP contribution in [0.3, 0.4) is 0 Å². The number of methoxy groups -OCH3 is 1. The molecular weight excluding hydrogens is 176 g/mol. The van der Waals surface area contributed by atoms with Crippen molar-refractivity contribution in [3.05, 3.63) is 12.2 Å². The first-order chi connectivity index (χ1) is 6.69. The molecule has 0 aromatic rings. The number of ether oxygens (including phenoxy) is 1. The molecule has 0 bridgehead atoms. The zero-order chi connectivity index (χ0) is 10.2. The second kappa shape index (κ2) is 3.50. The van der Waals surface area contributed by atoms with Crippen LogP contribution in [0, 0.1) is 11.3 Å². The SMILES string of the molecule is CO[C@@H]1C=CC[C@@H]2CCCC(=O)[C@@]21C. The lowest BCUT2D eigenvalue weighted by atomic mass is 9.60. The summed E-state index contributed by atoms with van der Waals surface area (Å²) in [5.74, 6) is 0.892. The van der Waals surface area contributed by atoms with E-state index in [0.29, 0.717) is 11.7 Å². The molecule has 14 heavy (non-hydrogen) atoms. The monoisotopic (exact) mass is 194 g/mol. The molecule has 3 atom stereocenters. The van der Waals surface area contributed by atoms with Gasteiger partial charge >= 0.3 is 0 Å². The van der Waals surface area contributed by atoms with Gasteiger partial charge in [-0.3, -0.25) is 4.79 Å². The number of hydrogen-bond donors (Lipinski definition) is 0. The number of hydrogen-bond acceptors (Lipinski definition) is 2. The zero-order valence-electron chi connectivity index (χ0n) is 8.95. The fourth-order valence-corrected chi connectivity index (χ4v) is 2.95. The molecule has 0 spiro atoms. The minimum atomic E-state index is -0.248. The molecule has 0 saturated heterocycles. The molecule has 2 heteroatoms. The molecule has 0 radical (unpaired) electrons. The van der Waals surface area contributed by atoms with Gasteiger partial charge in [0.1, 0.15) is 5.78 Å². The Hall–Kier alpha value is -0.630. The number of carbonyl (C=O) groups excluding carboxylic acids is 1. The van der Waals surface area contributed by atoms with E-state index in [2.05, 4.69) is 19.1 Å². The summed E-state index contributed by atoms with van der Waals surface area (Å²) in [4.78, 5) is 12.0. The summed E-state index contributed by atoms with van der Waals surface area (Å²) in [7, 11) is 1.70. The highest BCUT2D eigenvalue weighted by Crippen LogP contribution is 2.46. The van der Waals surface area contributed by atoms with Crippen molar-refractivity contribution in [3.63, 3.8) is 0 Å². The highest BCUT2D eigenvalue weighted by Gasteiger charge is 2.49. The van der Waals surface area contributed by atoms with E-state index in [1.165, 1.54) is 6.42 Å². The summed E-state index contributed by atoms with van der Waals surface area (Å²) in [6, 6.07) is 0. The Balaban J connectivity index is 2.34. The van der Waals surface area contributed by atoms with Gasteiger partial charge in [-0.1, -0.05) is 12.2 Å². The summed E-state index contributed by atoms with van der Waals surface area (Å²) in [6.45, 7) is 2.08. The fourth-order valence-electron chi connectivity index (χ4n) is 2.95. The highest BCUT2D eigenvalue weighted by molar-refractivity contribution is 5.86. The maximum Gasteiger partial charge on any atom is 0.141 e. The second-order valence-corrected chi connectivity index (χ2v) is 4.62. The van der Waals surface area contributed by atoms with E-state index >= 15 is 0 Å². The predicted octanol–water partition coefficient (Wildman–Crippen LogP) is 2.34. The fraction of sp³-hybridized carbons (Fsp3) is 0.750. The summed E-state index contributed by atoms with van der Waals surface area (Å²) < 4.78 is 5.43. The molecule has 1 saturated carbocycles. The Labute approximate surface area is 85.3 Å². The zero-order valence-corrected chi connectivity index (χ0v) is 8.95. The van der Waals surface area contributed by atoms with Crippen LogP contribution >= 0.6 is 0 Å². The van der Waals surface area contributed by atoms with Crippen LogP contribution in [-0.2, 0) is 9.53 Å². The van der Waals surface area contributed by atoms with E-state index in [0.717, 1.165) is 19.3 Å². The number of fused-ring (bicyclic) bond motifs is 1. The normalized spacial score (nSPS) is 42.3. The van der Waals surface area contributed by atoms with E-state index in [-0.39, 0.29) is 11.5 Å². The number of carbonyl (C=O) groups is 1. The van der Waals surface area contributed by atoms with Crippen LogP contribution in [0.5, 0.6) is 0 Å². The molecule has 2 nitrogen and oxygen atoms in total. The van der Waals surface area contributed by atoms with Crippen molar-refractivity contribution in [3.8, 4) is 0 Å². The number of Topliss-reactive ketones (excluding diaryl/α,β-unsaturated/α-hetero) is 1. The Morgan fingerprint density at radius 2 is 2.36 bits per heavy atom. The predicted molar refractivity (Wildman–Crippen MR) is 55.0 cm³/mol. The third-order valence-corrected chi connectivity index (χ3v) is 3.98. The number of allylic oxidation sites excluding steroid dienone is 1. The molecule has 0 aliphatic heterocycles. The van der Waals surface area contributed by atoms with Gasteiger partial charge in [0.05, 0.1) is 11.5 Å². The summed E-state index contributed by atoms with van der Waals surface area (Å²) in [5, 5.41) is 0. The molecule has 0 heterocycles. The quantitative estimate of drug-likeness (QED) is 0.599.